The van der Waals surface area contributed by atoms with E-state index in [2.05, 4.69) is 25.5 Å². The molecule has 3 aromatic carbocycles. The van der Waals surface area contributed by atoms with E-state index in [-0.39, 0.29) is 11.4 Å². The number of urea groups is 1. The van der Waals surface area contributed by atoms with Crippen LogP contribution < -0.4 is 20.3 Å². The monoisotopic (exact) mass is 484 g/mol. The summed E-state index contributed by atoms with van der Waals surface area (Å²) in [5, 5.41) is 14.0. The van der Waals surface area contributed by atoms with Crippen LogP contribution in [0.4, 0.5) is 26.4 Å². The van der Waals surface area contributed by atoms with E-state index in [1.807, 2.05) is 6.07 Å². The molecule has 0 aliphatic carbocycles. The number of nitriles is 1. The first-order valence-electron chi connectivity index (χ1n) is 11.2. The van der Waals surface area contributed by atoms with Crippen molar-refractivity contribution < 1.29 is 18.7 Å². The lowest BCUT2D eigenvalue weighted by atomic mass is 10.2. The minimum atomic E-state index is -0.639. The molecule has 1 saturated heterocycles. The van der Waals surface area contributed by atoms with E-state index in [0.717, 1.165) is 18.9 Å². The highest BCUT2D eigenvalue weighted by molar-refractivity contribution is 5.99. The summed E-state index contributed by atoms with van der Waals surface area (Å²) >= 11 is 0. The van der Waals surface area contributed by atoms with Crippen molar-refractivity contribution in [2.45, 2.75) is 0 Å². The van der Waals surface area contributed by atoms with Crippen LogP contribution in [0.25, 0.3) is 11.0 Å². The van der Waals surface area contributed by atoms with Gasteiger partial charge in [-0.3, -0.25) is 4.98 Å². The van der Waals surface area contributed by atoms with Gasteiger partial charge in [0.05, 0.1) is 42.1 Å². The molecule has 1 aromatic heterocycles. The Hall–Kier alpha value is -4.75. The zero-order valence-corrected chi connectivity index (χ0v) is 19.1. The van der Waals surface area contributed by atoms with Gasteiger partial charge in [0.2, 0.25) is 0 Å². The van der Waals surface area contributed by atoms with Gasteiger partial charge in [-0.2, -0.15) is 5.26 Å². The third-order valence-corrected chi connectivity index (χ3v) is 5.53. The van der Waals surface area contributed by atoms with Gasteiger partial charge >= 0.3 is 6.03 Å². The maximum absolute atomic E-state index is 14.7. The Labute approximate surface area is 206 Å². The molecule has 2 amide bonds. The molecule has 2 heterocycles. The number of nitrogens with one attached hydrogen (secondary N) is 2. The number of aromatic nitrogens is 2. The van der Waals surface area contributed by atoms with E-state index in [4.69, 9.17) is 14.7 Å². The third-order valence-electron chi connectivity index (χ3n) is 5.53. The predicted molar refractivity (Wildman–Crippen MR) is 133 cm³/mol. The number of anilines is 3. The summed E-state index contributed by atoms with van der Waals surface area (Å²) in [4.78, 5) is 23.5. The number of fused-ring (bicyclic) bond motifs is 1. The number of hydrogen-bond donors (Lipinski definition) is 2. The van der Waals surface area contributed by atoms with Crippen LogP contribution in [-0.4, -0.2) is 42.3 Å². The maximum Gasteiger partial charge on any atom is 0.323 e. The quantitative estimate of drug-likeness (QED) is 0.414. The zero-order valence-electron chi connectivity index (χ0n) is 19.1. The van der Waals surface area contributed by atoms with Crippen LogP contribution in [0.1, 0.15) is 5.56 Å². The molecule has 0 spiro atoms. The fourth-order valence-corrected chi connectivity index (χ4v) is 3.70. The standard InChI is InChI=1S/C26H21FN6O3/c27-21-13-19(31-26(34)30-18-3-1-17(15-28)2-4-18)5-8-24(21)36-20-6-7-22-23(14-20)32-25(16-29-22)33-9-11-35-12-10-33/h1-8,13-14,16H,9-12H2,(H2,30,31,34). The van der Waals surface area contributed by atoms with Crippen molar-refractivity contribution in [2.24, 2.45) is 0 Å². The van der Waals surface area contributed by atoms with Crippen molar-refractivity contribution in [3.8, 4) is 17.6 Å². The Balaban J connectivity index is 1.26. The fraction of sp³-hybridized carbons (Fsp3) is 0.154. The summed E-state index contributed by atoms with van der Waals surface area (Å²) in [6, 6.07) is 17.2. The number of carbonyl (C=O) groups is 1. The van der Waals surface area contributed by atoms with Crippen LogP contribution in [0.2, 0.25) is 0 Å². The SMILES string of the molecule is N#Cc1ccc(NC(=O)Nc2ccc(Oc3ccc4ncc(N5CCOCC5)nc4c3)c(F)c2)cc1. The molecule has 5 rings (SSSR count). The molecule has 4 aromatic rings. The first-order chi connectivity index (χ1) is 17.6. The fourth-order valence-electron chi connectivity index (χ4n) is 3.70. The molecule has 0 radical (unpaired) electrons. The Morgan fingerprint density at radius 1 is 1.00 bits per heavy atom. The molecule has 1 aliphatic heterocycles. The van der Waals surface area contributed by atoms with Crippen LogP contribution >= 0.6 is 0 Å². The van der Waals surface area contributed by atoms with Crippen molar-refractivity contribution in [1.29, 1.82) is 5.26 Å². The molecule has 9 nitrogen and oxygen atoms in total. The Morgan fingerprint density at radius 3 is 2.50 bits per heavy atom. The van der Waals surface area contributed by atoms with Crippen LogP contribution in [0.15, 0.2) is 66.9 Å². The smallest absolute Gasteiger partial charge is 0.323 e. The third kappa shape index (κ3) is 5.32. The zero-order chi connectivity index (χ0) is 24.9. The summed E-state index contributed by atoms with van der Waals surface area (Å²) in [5.41, 5.74) is 2.57. The number of morpholine rings is 1. The maximum atomic E-state index is 14.7. The second kappa shape index (κ2) is 10.2. The van der Waals surface area contributed by atoms with Gasteiger partial charge in [0, 0.05) is 36.6 Å². The van der Waals surface area contributed by atoms with Crippen molar-refractivity contribution in [1.82, 2.24) is 9.97 Å². The lowest BCUT2D eigenvalue weighted by molar-refractivity contribution is 0.122. The Morgan fingerprint density at radius 2 is 1.75 bits per heavy atom. The van der Waals surface area contributed by atoms with Crippen LogP contribution in [-0.2, 0) is 4.74 Å². The van der Waals surface area contributed by atoms with Gasteiger partial charge in [0.1, 0.15) is 11.6 Å². The van der Waals surface area contributed by atoms with Gasteiger partial charge in [0.15, 0.2) is 11.6 Å². The van der Waals surface area contributed by atoms with Gasteiger partial charge < -0.3 is 25.0 Å². The second-order valence-corrected chi connectivity index (χ2v) is 7.99. The van der Waals surface area contributed by atoms with Gasteiger partial charge in [-0.1, -0.05) is 0 Å². The van der Waals surface area contributed by atoms with Crippen molar-refractivity contribution in [3.05, 3.63) is 78.2 Å². The molecule has 2 N–H and O–H groups in total. The summed E-state index contributed by atoms with van der Waals surface area (Å²) in [5.74, 6) is 0.530. The molecular formula is C26H21FN6O3. The van der Waals surface area contributed by atoms with E-state index in [0.29, 0.717) is 41.2 Å². The number of ether oxygens (including phenoxy) is 2. The molecule has 0 bridgehead atoms. The molecule has 36 heavy (non-hydrogen) atoms. The number of carbonyl (C=O) groups excluding carboxylic acids is 1. The number of benzene rings is 3. The summed E-state index contributed by atoms with van der Waals surface area (Å²) in [6.45, 7) is 2.77. The first-order valence-corrected chi connectivity index (χ1v) is 11.2. The van der Waals surface area contributed by atoms with Crippen molar-refractivity contribution >= 4 is 34.3 Å². The highest BCUT2D eigenvalue weighted by Gasteiger charge is 2.14. The number of nitrogens with zero attached hydrogens (tertiary/aromatic N) is 4. The van der Waals surface area contributed by atoms with E-state index < -0.39 is 11.8 Å². The predicted octanol–water partition coefficient (Wildman–Crippen LogP) is 4.91. The number of amides is 2. The van der Waals surface area contributed by atoms with Crippen LogP contribution in [0, 0.1) is 17.1 Å². The average molecular weight is 484 g/mol. The van der Waals surface area contributed by atoms with E-state index >= 15 is 0 Å². The van der Waals surface area contributed by atoms with Gasteiger partial charge in [-0.05, 0) is 48.5 Å². The first kappa shape index (κ1) is 23.0. The van der Waals surface area contributed by atoms with E-state index in [9.17, 15) is 9.18 Å². The minimum Gasteiger partial charge on any atom is -0.454 e. The molecule has 0 saturated carbocycles. The van der Waals surface area contributed by atoms with Gasteiger partial charge in [-0.25, -0.2) is 14.2 Å². The van der Waals surface area contributed by atoms with Crippen molar-refractivity contribution in [2.75, 3.05) is 41.8 Å². The van der Waals surface area contributed by atoms with Crippen molar-refractivity contribution in [3.63, 3.8) is 0 Å². The summed E-state index contributed by atoms with van der Waals surface area (Å²) < 4.78 is 25.9. The number of rotatable bonds is 5. The van der Waals surface area contributed by atoms with E-state index in [1.54, 1.807) is 48.7 Å². The molecule has 10 heteroatoms. The molecule has 1 aliphatic rings. The molecule has 1 fully saturated rings. The highest BCUT2D eigenvalue weighted by Crippen LogP contribution is 2.29. The second-order valence-electron chi connectivity index (χ2n) is 7.99. The average Bonchev–Trinajstić information content (AvgIpc) is 2.91. The minimum absolute atomic E-state index is 0.00435. The van der Waals surface area contributed by atoms with Gasteiger partial charge in [-0.15, -0.1) is 0 Å². The van der Waals surface area contributed by atoms with Gasteiger partial charge in [0.25, 0.3) is 0 Å². The Bertz CT molecular complexity index is 1450. The van der Waals surface area contributed by atoms with E-state index in [1.165, 1.54) is 18.2 Å². The molecular weight excluding hydrogens is 463 g/mol. The molecule has 180 valence electrons. The van der Waals surface area contributed by atoms with Crippen LogP contribution in [0.5, 0.6) is 11.5 Å². The topological polar surface area (TPSA) is 112 Å². The largest absolute Gasteiger partial charge is 0.454 e. The normalized spacial score (nSPS) is 13.2. The summed E-state index contributed by atoms with van der Waals surface area (Å²) in [7, 11) is 0. The highest BCUT2D eigenvalue weighted by atomic mass is 19.1. The number of halogens is 1. The summed E-state index contributed by atoms with van der Waals surface area (Å²) in [6.07, 6.45) is 1.73. The lowest BCUT2D eigenvalue weighted by Gasteiger charge is -2.27. The van der Waals surface area contributed by atoms with Crippen LogP contribution in [0.3, 0.4) is 0 Å². The Kier molecular flexibility index (Phi) is 6.55. The number of hydrogen-bond acceptors (Lipinski definition) is 7. The lowest BCUT2D eigenvalue weighted by Crippen LogP contribution is -2.36. The molecule has 0 atom stereocenters. The molecule has 0 unspecified atom stereocenters.